The van der Waals surface area contributed by atoms with Crippen LogP contribution in [-0.4, -0.2) is 43.2 Å². The largest absolute Gasteiger partial charge is 0.490 e. The predicted octanol–water partition coefficient (Wildman–Crippen LogP) is 3.69. The minimum Gasteiger partial charge on any atom is -0.490 e. The molecule has 0 unspecified atom stereocenters. The van der Waals surface area contributed by atoms with E-state index in [0.717, 1.165) is 36.0 Å². The van der Waals surface area contributed by atoms with E-state index < -0.39 is 0 Å². The fourth-order valence-electron chi connectivity index (χ4n) is 2.29. The van der Waals surface area contributed by atoms with Crippen LogP contribution in [-0.2, 0) is 6.54 Å². The predicted molar refractivity (Wildman–Crippen MR) is 113 cm³/mol. The highest BCUT2D eigenvalue weighted by Crippen LogP contribution is 2.31. The summed E-state index contributed by atoms with van der Waals surface area (Å²) >= 11 is 1.79. The number of ether oxygens (including phenoxy) is 2. The minimum absolute atomic E-state index is 0.553. The van der Waals surface area contributed by atoms with E-state index in [0.29, 0.717) is 24.8 Å². The van der Waals surface area contributed by atoms with Gasteiger partial charge in [0.05, 0.1) is 6.61 Å². The van der Waals surface area contributed by atoms with Crippen molar-refractivity contribution in [1.29, 1.82) is 0 Å². The molecule has 7 heteroatoms. The van der Waals surface area contributed by atoms with E-state index in [1.54, 1.807) is 25.0 Å². The Balaban J connectivity index is 2.05. The topological polar surface area (TPSA) is 67.8 Å². The van der Waals surface area contributed by atoms with Gasteiger partial charge in [0.15, 0.2) is 17.5 Å². The van der Waals surface area contributed by atoms with Crippen LogP contribution in [0.25, 0.3) is 0 Å². The molecule has 1 heterocycles. The highest BCUT2D eigenvalue weighted by molar-refractivity contribution is 7.98. The molecule has 0 aliphatic carbocycles. The van der Waals surface area contributed by atoms with Crippen molar-refractivity contribution in [3.63, 3.8) is 0 Å². The number of nitrogens with zero attached hydrogens (tertiary/aromatic N) is 2. The molecule has 0 bridgehead atoms. The van der Waals surface area contributed by atoms with Gasteiger partial charge in [0, 0.05) is 37.7 Å². The lowest BCUT2D eigenvalue weighted by Gasteiger charge is -2.15. The second kappa shape index (κ2) is 12.1. The lowest BCUT2D eigenvalue weighted by Crippen LogP contribution is -2.38. The molecule has 2 rings (SSSR count). The minimum atomic E-state index is 0.553. The lowest BCUT2D eigenvalue weighted by atomic mass is 10.2. The number of hydrogen-bond acceptors (Lipinski definition) is 5. The summed E-state index contributed by atoms with van der Waals surface area (Å²) in [6.07, 6.45) is 4.74. The van der Waals surface area contributed by atoms with Crippen LogP contribution in [0.1, 0.15) is 18.9 Å². The van der Waals surface area contributed by atoms with Crippen LogP contribution >= 0.6 is 11.8 Å². The lowest BCUT2D eigenvalue weighted by molar-refractivity contribution is 0.300. The molecule has 0 atom stereocenters. The van der Waals surface area contributed by atoms with Gasteiger partial charge in [-0.05, 0) is 30.9 Å². The first kappa shape index (κ1) is 20.9. The van der Waals surface area contributed by atoms with E-state index in [2.05, 4.69) is 33.8 Å². The maximum atomic E-state index is 6.06. The number of aromatic nitrogens is 1. The number of nitrogens with one attached hydrogen (secondary N) is 2. The van der Waals surface area contributed by atoms with E-state index in [1.807, 2.05) is 36.4 Å². The molecule has 0 saturated heterocycles. The van der Waals surface area contributed by atoms with E-state index in [4.69, 9.17) is 9.47 Å². The number of pyridine rings is 1. The van der Waals surface area contributed by atoms with E-state index in [9.17, 15) is 0 Å². The first-order valence-electron chi connectivity index (χ1n) is 9.05. The monoisotopic (exact) mass is 388 g/mol. The molecule has 0 aliphatic rings. The molecular formula is C20H28N4O2S. The van der Waals surface area contributed by atoms with Gasteiger partial charge in [-0.15, -0.1) is 0 Å². The zero-order valence-electron chi connectivity index (χ0n) is 16.2. The van der Waals surface area contributed by atoms with Crippen LogP contribution in [0.3, 0.4) is 0 Å². The van der Waals surface area contributed by atoms with E-state index >= 15 is 0 Å². The molecule has 0 spiro atoms. The summed E-state index contributed by atoms with van der Waals surface area (Å²) in [6, 6.07) is 11.5. The zero-order valence-corrected chi connectivity index (χ0v) is 17.0. The summed E-state index contributed by atoms with van der Waals surface area (Å²) in [4.78, 5) is 8.63. The Labute approximate surface area is 165 Å². The molecule has 0 fully saturated rings. The van der Waals surface area contributed by atoms with Crippen LogP contribution in [0.2, 0.25) is 0 Å². The zero-order chi connectivity index (χ0) is 19.3. The molecule has 2 N–H and O–H groups in total. The van der Waals surface area contributed by atoms with E-state index in [1.165, 1.54) is 0 Å². The standard InChI is InChI=1S/C20H28N4O2S/c1-4-13-25-17-9-5-6-10-18(17)26-19-16(8-7-11-22-19)15-24-20(21-2)23-12-14-27-3/h5-11H,4,12-15H2,1-3H3,(H2,21,23,24). The number of rotatable bonds is 10. The average molecular weight is 389 g/mol. The number of aliphatic imine (C=N–C) groups is 1. The Morgan fingerprint density at radius 1 is 1.15 bits per heavy atom. The van der Waals surface area contributed by atoms with Crippen LogP contribution in [0.15, 0.2) is 47.6 Å². The maximum Gasteiger partial charge on any atom is 0.224 e. The third kappa shape index (κ3) is 7.02. The average Bonchev–Trinajstić information content (AvgIpc) is 2.71. The number of guanidine groups is 1. The Morgan fingerprint density at radius 3 is 2.70 bits per heavy atom. The molecule has 2 aromatic rings. The van der Waals surface area contributed by atoms with Crippen LogP contribution in [0.4, 0.5) is 0 Å². The van der Waals surface area contributed by atoms with Gasteiger partial charge in [0.25, 0.3) is 0 Å². The summed E-state index contributed by atoms with van der Waals surface area (Å²) in [5.74, 6) is 3.71. The normalized spacial score (nSPS) is 11.1. The molecule has 0 saturated carbocycles. The van der Waals surface area contributed by atoms with Crippen molar-refractivity contribution in [2.75, 3.05) is 32.2 Å². The third-order valence-electron chi connectivity index (χ3n) is 3.64. The van der Waals surface area contributed by atoms with Gasteiger partial charge in [-0.25, -0.2) is 4.98 Å². The van der Waals surface area contributed by atoms with Crippen LogP contribution in [0.5, 0.6) is 17.4 Å². The molecule has 0 radical (unpaired) electrons. The third-order valence-corrected chi connectivity index (χ3v) is 4.25. The number of thioether (sulfide) groups is 1. The quantitative estimate of drug-likeness (QED) is 0.368. The van der Waals surface area contributed by atoms with Crippen molar-refractivity contribution in [2.45, 2.75) is 19.9 Å². The fraction of sp³-hybridized carbons (Fsp3) is 0.400. The molecule has 0 amide bonds. The molecular weight excluding hydrogens is 360 g/mol. The van der Waals surface area contributed by atoms with Crippen LogP contribution < -0.4 is 20.1 Å². The Bertz CT molecular complexity index is 725. The van der Waals surface area contributed by atoms with Gasteiger partial charge < -0.3 is 20.1 Å². The number of hydrogen-bond donors (Lipinski definition) is 2. The summed E-state index contributed by atoms with van der Waals surface area (Å²) in [6.45, 7) is 4.14. The molecule has 27 heavy (non-hydrogen) atoms. The SMILES string of the molecule is CCCOc1ccccc1Oc1ncccc1CNC(=NC)NCCSC. The Hall–Kier alpha value is -2.41. The highest BCUT2D eigenvalue weighted by atomic mass is 32.2. The van der Waals surface area contributed by atoms with Gasteiger partial charge in [-0.1, -0.05) is 25.1 Å². The molecule has 146 valence electrons. The Morgan fingerprint density at radius 2 is 1.96 bits per heavy atom. The molecule has 6 nitrogen and oxygen atoms in total. The first-order chi connectivity index (χ1) is 13.3. The van der Waals surface area contributed by atoms with E-state index in [-0.39, 0.29) is 0 Å². The van der Waals surface area contributed by atoms with Crippen molar-refractivity contribution in [3.05, 3.63) is 48.2 Å². The summed E-state index contributed by atoms with van der Waals surface area (Å²) in [7, 11) is 1.76. The summed E-state index contributed by atoms with van der Waals surface area (Å²) in [5.41, 5.74) is 0.940. The molecule has 0 aliphatic heterocycles. The fourth-order valence-corrected chi connectivity index (χ4v) is 2.60. The maximum absolute atomic E-state index is 6.06. The van der Waals surface area contributed by atoms with Gasteiger partial charge in [-0.3, -0.25) is 4.99 Å². The smallest absolute Gasteiger partial charge is 0.224 e. The molecule has 1 aromatic heterocycles. The van der Waals surface area contributed by atoms with Crippen LogP contribution in [0, 0.1) is 0 Å². The van der Waals surface area contributed by atoms with Crippen molar-refractivity contribution in [1.82, 2.24) is 15.6 Å². The second-order valence-corrected chi connectivity index (χ2v) is 6.70. The van der Waals surface area contributed by atoms with Crippen molar-refractivity contribution >= 4 is 17.7 Å². The Kier molecular flexibility index (Phi) is 9.34. The summed E-state index contributed by atoms with van der Waals surface area (Å²) in [5, 5.41) is 6.58. The van der Waals surface area contributed by atoms with Crippen molar-refractivity contribution in [2.24, 2.45) is 4.99 Å². The number of para-hydroxylation sites is 2. The second-order valence-electron chi connectivity index (χ2n) is 5.71. The van der Waals surface area contributed by atoms with Gasteiger partial charge in [-0.2, -0.15) is 11.8 Å². The summed E-state index contributed by atoms with van der Waals surface area (Å²) < 4.78 is 11.8. The van der Waals surface area contributed by atoms with Crippen molar-refractivity contribution in [3.8, 4) is 17.4 Å². The van der Waals surface area contributed by atoms with Gasteiger partial charge in [0.1, 0.15) is 0 Å². The van der Waals surface area contributed by atoms with Crippen molar-refractivity contribution < 1.29 is 9.47 Å². The highest BCUT2D eigenvalue weighted by Gasteiger charge is 2.11. The first-order valence-corrected chi connectivity index (χ1v) is 10.4. The van der Waals surface area contributed by atoms with Gasteiger partial charge in [0.2, 0.25) is 5.88 Å². The van der Waals surface area contributed by atoms with Gasteiger partial charge >= 0.3 is 0 Å². The number of benzene rings is 1. The molecule has 1 aromatic carbocycles.